The first-order chi connectivity index (χ1) is 13.7. The van der Waals surface area contributed by atoms with Gasteiger partial charge in [0.05, 0.1) is 24.1 Å². The number of nitrogens with zero attached hydrogens (tertiary/aromatic N) is 1. The molecular formula is C19H20N4O5S. The van der Waals surface area contributed by atoms with Gasteiger partial charge in [0.1, 0.15) is 11.6 Å². The lowest BCUT2D eigenvalue weighted by molar-refractivity contribution is -0.115. The van der Waals surface area contributed by atoms with Crippen molar-refractivity contribution in [3.63, 3.8) is 0 Å². The summed E-state index contributed by atoms with van der Waals surface area (Å²) in [4.78, 5) is 31.1. The maximum Gasteiger partial charge on any atom is 0.254 e. The summed E-state index contributed by atoms with van der Waals surface area (Å²) in [6, 6.07) is 9.15. The second-order valence-electron chi connectivity index (χ2n) is 6.37. The van der Waals surface area contributed by atoms with Crippen molar-refractivity contribution in [2.75, 3.05) is 5.32 Å². The van der Waals surface area contributed by atoms with E-state index in [-0.39, 0.29) is 29.0 Å². The van der Waals surface area contributed by atoms with Gasteiger partial charge in [-0.15, -0.1) is 0 Å². The van der Waals surface area contributed by atoms with Crippen molar-refractivity contribution >= 4 is 21.6 Å². The van der Waals surface area contributed by atoms with Gasteiger partial charge >= 0.3 is 0 Å². The smallest absolute Gasteiger partial charge is 0.254 e. The van der Waals surface area contributed by atoms with Crippen LogP contribution >= 0.6 is 0 Å². The van der Waals surface area contributed by atoms with Crippen LogP contribution in [-0.4, -0.2) is 24.3 Å². The standard InChI is InChI=1S/C19H20N4O5S/c1-12-17(19(25)22-13(2)21-12)10-18(24)23-14-5-3-7-16(9-14)29(26,27)20-11-15-6-4-8-28-15/h3-9,20H,10-11H2,1-2H3,(H,23,24)(H,21,22,25). The molecule has 0 aliphatic heterocycles. The fourth-order valence-corrected chi connectivity index (χ4v) is 3.77. The molecule has 0 aliphatic carbocycles. The number of hydrogen-bond donors (Lipinski definition) is 3. The molecule has 0 unspecified atom stereocenters. The summed E-state index contributed by atoms with van der Waals surface area (Å²) in [6.45, 7) is 3.32. The van der Waals surface area contributed by atoms with Crippen molar-refractivity contribution in [2.24, 2.45) is 0 Å². The van der Waals surface area contributed by atoms with Gasteiger partial charge < -0.3 is 14.7 Å². The van der Waals surface area contributed by atoms with Crippen molar-refractivity contribution in [3.05, 3.63) is 75.9 Å². The van der Waals surface area contributed by atoms with Crippen LogP contribution in [-0.2, 0) is 27.8 Å². The third-order valence-corrected chi connectivity index (χ3v) is 5.52. The molecule has 10 heteroatoms. The van der Waals surface area contributed by atoms with E-state index in [1.165, 1.54) is 24.5 Å². The van der Waals surface area contributed by atoms with E-state index in [0.717, 1.165) is 0 Å². The van der Waals surface area contributed by atoms with E-state index in [1.54, 1.807) is 32.0 Å². The molecule has 9 nitrogen and oxygen atoms in total. The summed E-state index contributed by atoms with van der Waals surface area (Å²) in [5.41, 5.74) is 0.658. The first-order valence-electron chi connectivity index (χ1n) is 8.73. The molecule has 3 aromatic rings. The zero-order chi connectivity index (χ0) is 21.0. The van der Waals surface area contributed by atoms with Crippen LogP contribution in [0.5, 0.6) is 0 Å². The predicted molar refractivity (Wildman–Crippen MR) is 106 cm³/mol. The van der Waals surface area contributed by atoms with Crippen LogP contribution in [0.15, 0.2) is 56.8 Å². The number of carbonyl (C=O) groups excluding carboxylic acids is 1. The number of H-pyrrole nitrogens is 1. The number of aromatic nitrogens is 2. The Labute approximate surface area is 167 Å². The summed E-state index contributed by atoms with van der Waals surface area (Å²) in [5, 5.41) is 2.61. The van der Waals surface area contributed by atoms with Crippen LogP contribution in [0.3, 0.4) is 0 Å². The number of furan rings is 1. The number of benzene rings is 1. The van der Waals surface area contributed by atoms with E-state index in [4.69, 9.17) is 4.42 Å². The van der Waals surface area contributed by atoms with Crippen molar-refractivity contribution in [1.29, 1.82) is 0 Å². The van der Waals surface area contributed by atoms with Crippen LogP contribution in [0.2, 0.25) is 0 Å². The summed E-state index contributed by atoms with van der Waals surface area (Å²) in [6.07, 6.45) is 1.28. The topological polar surface area (TPSA) is 134 Å². The highest BCUT2D eigenvalue weighted by molar-refractivity contribution is 7.89. The first-order valence-corrected chi connectivity index (χ1v) is 10.2. The number of hydrogen-bond acceptors (Lipinski definition) is 6. The Morgan fingerprint density at radius 3 is 2.69 bits per heavy atom. The normalized spacial score (nSPS) is 11.4. The zero-order valence-electron chi connectivity index (χ0n) is 15.9. The van der Waals surface area contributed by atoms with Gasteiger partial charge in [-0.05, 0) is 44.2 Å². The van der Waals surface area contributed by atoms with E-state index in [9.17, 15) is 18.0 Å². The maximum absolute atomic E-state index is 12.5. The van der Waals surface area contributed by atoms with E-state index in [1.807, 2.05) is 0 Å². The third-order valence-electron chi connectivity index (χ3n) is 4.12. The van der Waals surface area contributed by atoms with Gasteiger partial charge in [-0.3, -0.25) is 9.59 Å². The Balaban J connectivity index is 1.71. The number of aromatic amines is 1. The second-order valence-corrected chi connectivity index (χ2v) is 8.14. The SMILES string of the molecule is Cc1nc(C)c(CC(=O)Nc2cccc(S(=O)(=O)NCc3ccco3)c2)c(=O)[nH]1. The minimum Gasteiger partial charge on any atom is -0.468 e. The van der Waals surface area contributed by atoms with Gasteiger partial charge in [-0.2, -0.15) is 0 Å². The number of sulfonamides is 1. The number of nitrogens with one attached hydrogen (secondary N) is 3. The molecule has 1 aromatic carbocycles. The highest BCUT2D eigenvalue weighted by Gasteiger charge is 2.16. The van der Waals surface area contributed by atoms with Crippen molar-refractivity contribution in [3.8, 4) is 0 Å². The van der Waals surface area contributed by atoms with Gasteiger partial charge in [0.2, 0.25) is 15.9 Å². The average Bonchev–Trinajstić information content (AvgIpc) is 3.17. The monoisotopic (exact) mass is 416 g/mol. The molecule has 3 rings (SSSR count). The van der Waals surface area contributed by atoms with Crippen molar-refractivity contribution < 1.29 is 17.6 Å². The summed E-state index contributed by atoms with van der Waals surface area (Å²) in [5.74, 6) is 0.490. The Hall–Kier alpha value is -3.24. The van der Waals surface area contributed by atoms with Crippen LogP contribution in [0.25, 0.3) is 0 Å². The number of carbonyl (C=O) groups is 1. The van der Waals surface area contributed by atoms with Gasteiger partial charge in [0.25, 0.3) is 5.56 Å². The van der Waals surface area contributed by atoms with E-state index < -0.39 is 15.9 Å². The molecule has 0 fully saturated rings. The molecule has 1 amide bonds. The predicted octanol–water partition coefficient (Wildman–Crippen LogP) is 1.64. The Morgan fingerprint density at radius 2 is 2.00 bits per heavy atom. The minimum absolute atomic E-state index is 0.00659. The molecule has 2 aromatic heterocycles. The lowest BCUT2D eigenvalue weighted by Gasteiger charge is -2.10. The first kappa shape index (κ1) is 20.5. The largest absolute Gasteiger partial charge is 0.468 e. The van der Waals surface area contributed by atoms with Crippen LogP contribution in [0.1, 0.15) is 22.8 Å². The lowest BCUT2D eigenvalue weighted by atomic mass is 10.1. The summed E-state index contributed by atoms with van der Waals surface area (Å²) in [7, 11) is -3.80. The Kier molecular flexibility index (Phi) is 5.95. The maximum atomic E-state index is 12.5. The highest BCUT2D eigenvalue weighted by Crippen LogP contribution is 2.16. The molecule has 0 radical (unpaired) electrons. The van der Waals surface area contributed by atoms with Gasteiger partial charge in [0.15, 0.2) is 0 Å². The van der Waals surface area contributed by atoms with Crippen LogP contribution in [0, 0.1) is 13.8 Å². The van der Waals surface area contributed by atoms with E-state index >= 15 is 0 Å². The van der Waals surface area contributed by atoms with Crippen LogP contribution in [0.4, 0.5) is 5.69 Å². The molecule has 0 saturated heterocycles. The molecule has 0 atom stereocenters. The fraction of sp³-hybridized carbons (Fsp3) is 0.211. The number of aryl methyl sites for hydroxylation is 2. The van der Waals surface area contributed by atoms with Gasteiger partial charge in [0, 0.05) is 16.9 Å². The number of amides is 1. The molecule has 29 heavy (non-hydrogen) atoms. The molecule has 0 saturated carbocycles. The molecule has 0 bridgehead atoms. The molecule has 0 aliphatic rings. The highest BCUT2D eigenvalue weighted by atomic mass is 32.2. The average molecular weight is 416 g/mol. The molecule has 152 valence electrons. The van der Waals surface area contributed by atoms with E-state index in [2.05, 4.69) is 20.0 Å². The second kappa shape index (κ2) is 8.41. The number of anilines is 1. The zero-order valence-corrected chi connectivity index (χ0v) is 16.7. The Bertz CT molecular complexity index is 1180. The molecular weight excluding hydrogens is 396 g/mol. The fourth-order valence-electron chi connectivity index (χ4n) is 2.73. The number of rotatable bonds is 7. The summed E-state index contributed by atoms with van der Waals surface area (Å²) >= 11 is 0. The summed E-state index contributed by atoms with van der Waals surface area (Å²) < 4.78 is 32.5. The quantitative estimate of drug-likeness (QED) is 0.536. The Morgan fingerprint density at radius 1 is 1.21 bits per heavy atom. The third kappa shape index (κ3) is 5.18. The van der Waals surface area contributed by atoms with Crippen LogP contribution < -0.4 is 15.6 Å². The minimum atomic E-state index is -3.80. The molecule has 3 N–H and O–H groups in total. The van der Waals surface area contributed by atoms with Gasteiger partial charge in [-0.25, -0.2) is 18.1 Å². The van der Waals surface area contributed by atoms with Crippen molar-refractivity contribution in [1.82, 2.24) is 14.7 Å². The lowest BCUT2D eigenvalue weighted by Crippen LogP contribution is -2.25. The molecule has 2 heterocycles. The van der Waals surface area contributed by atoms with Gasteiger partial charge in [-0.1, -0.05) is 6.07 Å². The van der Waals surface area contributed by atoms with E-state index in [0.29, 0.717) is 23.0 Å². The van der Waals surface area contributed by atoms with Crippen molar-refractivity contribution in [2.45, 2.75) is 31.7 Å². The molecule has 0 spiro atoms.